The molecule has 6 heteroatoms. The summed E-state index contributed by atoms with van der Waals surface area (Å²) in [5, 5.41) is 3.10. The molecule has 1 aliphatic heterocycles. The highest BCUT2D eigenvalue weighted by atomic mass is 32.2. The Labute approximate surface area is 127 Å². The number of hydrogen-bond donors (Lipinski definition) is 1. The van der Waals surface area contributed by atoms with Crippen LogP contribution in [0.25, 0.3) is 0 Å². The Bertz CT molecular complexity index is 587. The van der Waals surface area contributed by atoms with E-state index >= 15 is 0 Å². The van der Waals surface area contributed by atoms with Gasteiger partial charge in [0.15, 0.2) is 0 Å². The molecule has 1 atom stereocenters. The summed E-state index contributed by atoms with van der Waals surface area (Å²) >= 11 is 0. The fraction of sp³-hybridized carbons (Fsp3) is 0.600. The zero-order valence-electron chi connectivity index (χ0n) is 12.9. The van der Waals surface area contributed by atoms with Gasteiger partial charge in [0.2, 0.25) is 10.0 Å². The molecule has 0 spiro atoms. The van der Waals surface area contributed by atoms with E-state index in [9.17, 15) is 8.42 Å². The monoisotopic (exact) mass is 312 g/mol. The maximum absolute atomic E-state index is 12.8. The number of benzene rings is 1. The van der Waals surface area contributed by atoms with Crippen LogP contribution in [0, 0.1) is 0 Å². The second-order valence-electron chi connectivity index (χ2n) is 5.35. The first-order valence-corrected chi connectivity index (χ1v) is 8.80. The van der Waals surface area contributed by atoms with Crippen LogP contribution in [0.3, 0.4) is 0 Å². The van der Waals surface area contributed by atoms with Gasteiger partial charge in [-0.3, -0.25) is 0 Å². The van der Waals surface area contributed by atoms with Gasteiger partial charge in [0, 0.05) is 19.1 Å². The molecule has 118 valence electrons. The Morgan fingerprint density at radius 1 is 1.38 bits per heavy atom. The molecule has 1 heterocycles. The quantitative estimate of drug-likeness (QED) is 0.892. The molecule has 1 fully saturated rings. The predicted octanol–water partition coefficient (Wildman–Crippen LogP) is 1.38. The van der Waals surface area contributed by atoms with E-state index < -0.39 is 10.0 Å². The molecule has 0 aromatic heterocycles. The summed E-state index contributed by atoms with van der Waals surface area (Å²) < 4.78 is 32.5. The van der Waals surface area contributed by atoms with Gasteiger partial charge in [0.1, 0.15) is 0 Å². The summed E-state index contributed by atoms with van der Waals surface area (Å²) in [6, 6.07) is 5.31. The summed E-state index contributed by atoms with van der Waals surface area (Å²) in [6.07, 6.45) is 0.894. The smallest absolute Gasteiger partial charge is 0.243 e. The SMILES string of the molecule is CCc1ccc(S(=O)(=O)N2CCOCC2C)cc1CNC. The number of hydrogen-bond acceptors (Lipinski definition) is 4. The van der Waals surface area contributed by atoms with Crippen LogP contribution in [-0.2, 0) is 27.7 Å². The highest BCUT2D eigenvalue weighted by Crippen LogP contribution is 2.23. The third kappa shape index (κ3) is 3.45. The van der Waals surface area contributed by atoms with E-state index in [4.69, 9.17) is 4.74 Å². The highest BCUT2D eigenvalue weighted by molar-refractivity contribution is 7.89. The Kier molecular flexibility index (Phi) is 5.37. The fourth-order valence-corrected chi connectivity index (χ4v) is 4.32. The van der Waals surface area contributed by atoms with Crippen LogP contribution in [-0.4, -0.2) is 45.6 Å². The van der Waals surface area contributed by atoms with Gasteiger partial charge in [-0.15, -0.1) is 0 Å². The molecule has 0 saturated carbocycles. The van der Waals surface area contributed by atoms with Crippen molar-refractivity contribution in [3.05, 3.63) is 29.3 Å². The second kappa shape index (κ2) is 6.87. The van der Waals surface area contributed by atoms with E-state index in [1.807, 2.05) is 20.0 Å². The van der Waals surface area contributed by atoms with Gasteiger partial charge >= 0.3 is 0 Å². The molecule has 21 heavy (non-hydrogen) atoms. The average Bonchev–Trinajstić information content (AvgIpc) is 2.47. The molecule has 1 aromatic rings. The van der Waals surface area contributed by atoms with Crippen LogP contribution in [0.5, 0.6) is 0 Å². The molecular formula is C15H24N2O3S. The average molecular weight is 312 g/mol. The van der Waals surface area contributed by atoms with Gasteiger partial charge in [-0.25, -0.2) is 8.42 Å². The molecule has 5 nitrogen and oxygen atoms in total. The van der Waals surface area contributed by atoms with E-state index in [1.54, 1.807) is 16.4 Å². The number of morpholine rings is 1. The lowest BCUT2D eigenvalue weighted by Gasteiger charge is -2.32. The number of nitrogens with one attached hydrogen (secondary N) is 1. The molecule has 1 saturated heterocycles. The van der Waals surface area contributed by atoms with Gasteiger partial charge in [-0.05, 0) is 43.7 Å². The van der Waals surface area contributed by atoms with Crippen molar-refractivity contribution in [3.8, 4) is 0 Å². The Hall–Kier alpha value is -0.950. The first-order valence-electron chi connectivity index (χ1n) is 7.36. The summed E-state index contributed by atoms with van der Waals surface area (Å²) in [4.78, 5) is 0.374. The molecule has 1 N–H and O–H groups in total. The topological polar surface area (TPSA) is 58.6 Å². The predicted molar refractivity (Wildman–Crippen MR) is 82.8 cm³/mol. The Balaban J connectivity index is 2.37. The third-order valence-electron chi connectivity index (χ3n) is 3.84. The Morgan fingerprint density at radius 2 is 2.14 bits per heavy atom. The van der Waals surface area contributed by atoms with Crippen LogP contribution >= 0.6 is 0 Å². The van der Waals surface area contributed by atoms with Crippen molar-refractivity contribution in [2.75, 3.05) is 26.8 Å². The number of aryl methyl sites for hydroxylation is 1. The molecule has 1 aliphatic rings. The molecular weight excluding hydrogens is 288 g/mol. The van der Waals surface area contributed by atoms with Gasteiger partial charge in [-0.2, -0.15) is 4.31 Å². The van der Waals surface area contributed by atoms with Gasteiger partial charge in [-0.1, -0.05) is 13.0 Å². The molecule has 1 aromatic carbocycles. The maximum atomic E-state index is 12.8. The first kappa shape index (κ1) is 16.4. The van der Waals surface area contributed by atoms with Crippen molar-refractivity contribution in [2.45, 2.75) is 37.8 Å². The molecule has 0 aliphatic carbocycles. The minimum absolute atomic E-state index is 0.123. The summed E-state index contributed by atoms with van der Waals surface area (Å²) in [5.74, 6) is 0. The van der Waals surface area contributed by atoms with Gasteiger partial charge < -0.3 is 10.1 Å². The van der Waals surface area contributed by atoms with Crippen molar-refractivity contribution >= 4 is 10.0 Å². The van der Waals surface area contributed by atoms with Crippen LogP contribution in [0.1, 0.15) is 25.0 Å². The van der Waals surface area contributed by atoms with E-state index in [0.29, 0.717) is 31.2 Å². The largest absolute Gasteiger partial charge is 0.378 e. The summed E-state index contributed by atoms with van der Waals surface area (Å²) in [7, 11) is -1.59. The molecule has 0 radical (unpaired) electrons. The lowest BCUT2D eigenvalue weighted by Crippen LogP contribution is -2.46. The normalized spacial score (nSPS) is 20.6. The van der Waals surface area contributed by atoms with Crippen LogP contribution in [0.4, 0.5) is 0 Å². The first-order chi connectivity index (χ1) is 10.0. The fourth-order valence-electron chi connectivity index (χ4n) is 2.67. The number of ether oxygens (including phenoxy) is 1. The van der Waals surface area contributed by atoms with Gasteiger partial charge in [0.05, 0.1) is 18.1 Å². The van der Waals surface area contributed by atoms with Crippen molar-refractivity contribution in [1.29, 1.82) is 0 Å². The second-order valence-corrected chi connectivity index (χ2v) is 7.24. The van der Waals surface area contributed by atoms with Crippen LogP contribution in [0.2, 0.25) is 0 Å². The zero-order chi connectivity index (χ0) is 15.5. The van der Waals surface area contributed by atoms with E-state index in [1.165, 1.54) is 5.56 Å². The standard InChI is InChI=1S/C15H24N2O3S/c1-4-13-5-6-15(9-14(13)10-16-3)21(18,19)17-7-8-20-11-12(17)2/h5-6,9,12,16H,4,7-8,10-11H2,1-3H3. The molecule has 0 amide bonds. The van der Waals surface area contributed by atoms with Crippen molar-refractivity contribution < 1.29 is 13.2 Å². The van der Waals surface area contributed by atoms with Gasteiger partial charge in [0.25, 0.3) is 0 Å². The maximum Gasteiger partial charge on any atom is 0.243 e. The molecule has 2 rings (SSSR count). The van der Waals surface area contributed by atoms with E-state index in [-0.39, 0.29) is 6.04 Å². The van der Waals surface area contributed by atoms with E-state index in [0.717, 1.165) is 12.0 Å². The highest BCUT2D eigenvalue weighted by Gasteiger charge is 2.31. The number of rotatable bonds is 5. The van der Waals surface area contributed by atoms with E-state index in [2.05, 4.69) is 12.2 Å². The lowest BCUT2D eigenvalue weighted by atomic mass is 10.1. The number of sulfonamides is 1. The minimum Gasteiger partial charge on any atom is -0.378 e. The van der Waals surface area contributed by atoms with Crippen molar-refractivity contribution in [3.63, 3.8) is 0 Å². The zero-order valence-corrected chi connectivity index (χ0v) is 13.7. The van der Waals surface area contributed by atoms with Crippen molar-refractivity contribution in [2.24, 2.45) is 0 Å². The number of nitrogens with zero attached hydrogens (tertiary/aromatic N) is 1. The minimum atomic E-state index is -3.45. The molecule has 0 bridgehead atoms. The lowest BCUT2D eigenvalue weighted by molar-refractivity contribution is 0.0392. The summed E-state index contributed by atoms with van der Waals surface area (Å²) in [5.41, 5.74) is 2.22. The third-order valence-corrected chi connectivity index (χ3v) is 5.85. The van der Waals surface area contributed by atoms with Crippen molar-refractivity contribution in [1.82, 2.24) is 9.62 Å². The Morgan fingerprint density at radius 3 is 2.76 bits per heavy atom. The summed E-state index contributed by atoms with van der Waals surface area (Å²) in [6.45, 7) is 5.96. The van der Waals surface area contributed by atoms with Crippen LogP contribution in [0.15, 0.2) is 23.1 Å². The molecule has 1 unspecified atom stereocenters. The van der Waals surface area contributed by atoms with Crippen LogP contribution < -0.4 is 5.32 Å².